The SMILES string of the molecule is O=C(Cc1ccc(S(=O)(=O)N2CCCCC2)cc1)NC1CCCC1. The van der Waals surface area contributed by atoms with E-state index in [0.717, 1.165) is 37.7 Å². The van der Waals surface area contributed by atoms with Crippen molar-refractivity contribution in [2.75, 3.05) is 13.1 Å². The van der Waals surface area contributed by atoms with Gasteiger partial charge in [0.25, 0.3) is 0 Å². The lowest BCUT2D eigenvalue weighted by atomic mass is 10.1. The largest absolute Gasteiger partial charge is 0.353 e. The van der Waals surface area contributed by atoms with Crippen LogP contribution in [0.5, 0.6) is 0 Å². The molecule has 2 fully saturated rings. The molecule has 1 aliphatic carbocycles. The third kappa shape index (κ3) is 4.16. The molecule has 0 aromatic heterocycles. The van der Waals surface area contributed by atoms with Crippen LogP contribution in [0.25, 0.3) is 0 Å². The summed E-state index contributed by atoms with van der Waals surface area (Å²) in [5, 5.41) is 3.06. The summed E-state index contributed by atoms with van der Waals surface area (Å²) in [6.45, 7) is 1.21. The van der Waals surface area contributed by atoms with Crippen molar-refractivity contribution in [2.45, 2.75) is 62.3 Å². The number of amides is 1. The Bertz CT molecular complexity index is 658. The van der Waals surface area contributed by atoms with E-state index in [0.29, 0.717) is 30.4 Å². The molecule has 0 radical (unpaired) electrons. The zero-order chi connectivity index (χ0) is 17.0. The van der Waals surface area contributed by atoms with Gasteiger partial charge in [0.15, 0.2) is 0 Å². The summed E-state index contributed by atoms with van der Waals surface area (Å²) in [7, 11) is -3.39. The van der Waals surface area contributed by atoms with Crippen molar-refractivity contribution in [1.82, 2.24) is 9.62 Å². The number of piperidine rings is 1. The first kappa shape index (κ1) is 17.4. The number of nitrogens with one attached hydrogen (secondary N) is 1. The fourth-order valence-electron chi connectivity index (χ4n) is 3.57. The highest BCUT2D eigenvalue weighted by Gasteiger charge is 2.25. The number of benzene rings is 1. The second kappa shape index (κ2) is 7.66. The van der Waals surface area contributed by atoms with Crippen LogP contribution in [-0.4, -0.2) is 37.8 Å². The molecule has 2 aliphatic rings. The normalized spacial score (nSPS) is 20.2. The van der Waals surface area contributed by atoms with E-state index in [1.807, 2.05) is 0 Å². The fourth-order valence-corrected chi connectivity index (χ4v) is 5.08. The summed E-state index contributed by atoms with van der Waals surface area (Å²) in [6.07, 6.45) is 7.78. The Morgan fingerprint density at radius 2 is 1.62 bits per heavy atom. The number of rotatable bonds is 5. The molecule has 24 heavy (non-hydrogen) atoms. The Hall–Kier alpha value is -1.40. The minimum Gasteiger partial charge on any atom is -0.353 e. The molecule has 0 unspecified atom stereocenters. The van der Waals surface area contributed by atoms with E-state index in [4.69, 9.17) is 0 Å². The van der Waals surface area contributed by atoms with Gasteiger partial charge in [0.05, 0.1) is 11.3 Å². The third-order valence-electron chi connectivity index (χ3n) is 4.96. The lowest BCUT2D eigenvalue weighted by molar-refractivity contribution is -0.121. The average Bonchev–Trinajstić information content (AvgIpc) is 3.09. The van der Waals surface area contributed by atoms with Gasteiger partial charge in [-0.3, -0.25) is 4.79 Å². The molecule has 1 aromatic rings. The van der Waals surface area contributed by atoms with E-state index >= 15 is 0 Å². The van der Waals surface area contributed by atoms with Crippen molar-refractivity contribution in [3.63, 3.8) is 0 Å². The highest BCUT2D eigenvalue weighted by molar-refractivity contribution is 7.89. The molecule has 1 aromatic carbocycles. The van der Waals surface area contributed by atoms with Crippen LogP contribution in [0, 0.1) is 0 Å². The summed E-state index contributed by atoms with van der Waals surface area (Å²) in [5.74, 6) is 0.0218. The number of nitrogens with zero attached hydrogens (tertiary/aromatic N) is 1. The van der Waals surface area contributed by atoms with Crippen molar-refractivity contribution in [1.29, 1.82) is 0 Å². The quantitative estimate of drug-likeness (QED) is 0.887. The Morgan fingerprint density at radius 3 is 2.25 bits per heavy atom. The molecular weight excluding hydrogens is 324 g/mol. The first-order chi connectivity index (χ1) is 11.6. The zero-order valence-electron chi connectivity index (χ0n) is 14.0. The minimum absolute atomic E-state index is 0.0218. The van der Waals surface area contributed by atoms with Gasteiger partial charge in [-0.1, -0.05) is 31.4 Å². The van der Waals surface area contributed by atoms with Gasteiger partial charge in [-0.25, -0.2) is 8.42 Å². The molecular formula is C18H26N2O3S. The number of sulfonamides is 1. The van der Waals surface area contributed by atoms with Crippen LogP contribution in [-0.2, 0) is 21.2 Å². The Kier molecular flexibility index (Phi) is 5.56. The maximum atomic E-state index is 12.6. The number of hydrogen-bond acceptors (Lipinski definition) is 3. The Balaban J connectivity index is 1.61. The van der Waals surface area contributed by atoms with Crippen molar-refractivity contribution in [3.05, 3.63) is 29.8 Å². The molecule has 3 rings (SSSR count). The second-order valence-corrected chi connectivity index (χ2v) is 8.77. The molecule has 1 aliphatic heterocycles. The lowest BCUT2D eigenvalue weighted by Crippen LogP contribution is -2.35. The van der Waals surface area contributed by atoms with E-state index in [9.17, 15) is 13.2 Å². The molecule has 1 saturated heterocycles. The minimum atomic E-state index is -3.39. The van der Waals surface area contributed by atoms with Gasteiger partial charge < -0.3 is 5.32 Å². The third-order valence-corrected chi connectivity index (χ3v) is 6.87. The number of hydrogen-bond donors (Lipinski definition) is 1. The van der Waals surface area contributed by atoms with Crippen molar-refractivity contribution in [2.24, 2.45) is 0 Å². The summed E-state index contributed by atoms with van der Waals surface area (Å²) >= 11 is 0. The average molecular weight is 350 g/mol. The molecule has 132 valence electrons. The Labute approximate surface area is 144 Å². The molecule has 0 atom stereocenters. The van der Waals surface area contributed by atoms with Gasteiger partial charge in [0.2, 0.25) is 15.9 Å². The topological polar surface area (TPSA) is 66.5 Å². The molecule has 1 heterocycles. The van der Waals surface area contributed by atoms with E-state index in [1.165, 1.54) is 12.8 Å². The predicted octanol–water partition coefficient (Wildman–Crippen LogP) is 2.46. The molecule has 1 saturated carbocycles. The standard InChI is InChI=1S/C18H26N2O3S/c21-18(19-16-6-2-3-7-16)14-15-8-10-17(11-9-15)24(22,23)20-12-4-1-5-13-20/h8-11,16H,1-7,12-14H2,(H,19,21). The lowest BCUT2D eigenvalue weighted by Gasteiger charge is -2.25. The maximum absolute atomic E-state index is 12.6. The number of carbonyl (C=O) groups is 1. The molecule has 6 heteroatoms. The van der Waals surface area contributed by atoms with Crippen LogP contribution in [0.4, 0.5) is 0 Å². The van der Waals surface area contributed by atoms with Crippen LogP contribution in [0.1, 0.15) is 50.5 Å². The summed E-state index contributed by atoms with van der Waals surface area (Å²) < 4.78 is 26.8. The van der Waals surface area contributed by atoms with Gasteiger partial charge in [-0.15, -0.1) is 0 Å². The van der Waals surface area contributed by atoms with Crippen molar-refractivity contribution in [3.8, 4) is 0 Å². The fraction of sp³-hybridized carbons (Fsp3) is 0.611. The van der Waals surface area contributed by atoms with Crippen LogP contribution < -0.4 is 5.32 Å². The van der Waals surface area contributed by atoms with Crippen LogP contribution in [0.3, 0.4) is 0 Å². The molecule has 1 amide bonds. The van der Waals surface area contributed by atoms with E-state index in [1.54, 1.807) is 28.6 Å². The second-order valence-electron chi connectivity index (χ2n) is 6.83. The Morgan fingerprint density at radius 1 is 1.00 bits per heavy atom. The summed E-state index contributed by atoms with van der Waals surface area (Å²) in [4.78, 5) is 12.4. The van der Waals surface area contributed by atoms with E-state index in [2.05, 4.69) is 5.32 Å². The highest BCUT2D eigenvalue weighted by atomic mass is 32.2. The van der Waals surface area contributed by atoms with Gasteiger partial charge in [-0.05, 0) is 43.4 Å². The maximum Gasteiger partial charge on any atom is 0.243 e. The van der Waals surface area contributed by atoms with Crippen LogP contribution in [0.15, 0.2) is 29.2 Å². The molecule has 1 N–H and O–H groups in total. The van der Waals surface area contributed by atoms with Gasteiger partial charge in [0.1, 0.15) is 0 Å². The highest BCUT2D eigenvalue weighted by Crippen LogP contribution is 2.21. The number of carbonyl (C=O) groups excluding carboxylic acids is 1. The van der Waals surface area contributed by atoms with Crippen LogP contribution >= 0.6 is 0 Å². The van der Waals surface area contributed by atoms with E-state index in [-0.39, 0.29) is 5.91 Å². The predicted molar refractivity (Wildman–Crippen MR) is 93.2 cm³/mol. The zero-order valence-corrected chi connectivity index (χ0v) is 14.9. The van der Waals surface area contributed by atoms with Gasteiger partial charge in [-0.2, -0.15) is 4.31 Å². The monoisotopic (exact) mass is 350 g/mol. The molecule has 0 bridgehead atoms. The molecule has 0 spiro atoms. The summed E-state index contributed by atoms with van der Waals surface area (Å²) in [6, 6.07) is 7.08. The van der Waals surface area contributed by atoms with Gasteiger partial charge in [0, 0.05) is 19.1 Å². The van der Waals surface area contributed by atoms with Crippen molar-refractivity contribution >= 4 is 15.9 Å². The van der Waals surface area contributed by atoms with Crippen molar-refractivity contribution < 1.29 is 13.2 Å². The first-order valence-corrected chi connectivity index (χ1v) is 10.4. The summed E-state index contributed by atoms with van der Waals surface area (Å²) in [5.41, 5.74) is 0.850. The molecule has 5 nitrogen and oxygen atoms in total. The van der Waals surface area contributed by atoms with Gasteiger partial charge >= 0.3 is 0 Å². The first-order valence-electron chi connectivity index (χ1n) is 8.94. The smallest absolute Gasteiger partial charge is 0.243 e. The van der Waals surface area contributed by atoms with Crippen LogP contribution in [0.2, 0.25) is 0 Å². The van der Waals surface area contributed by atoms with E-state index < -0.39 is 10.0 Å².